The maximum atomic E-state index is 4.54. The van der Waals surface area contributed by atoms with Crippen molar-refractivity contribution in [2.24, 2.45) is 18.9 Å². The van der Waals surface area contributed by atoms with Crippen molar-refractivity contribution >= 4 is 16.9 Å². The van der Waals surface area contributed by atoms with Gasteiger partial charge in [-0.3, -0.25) is 4.68 Å². The maximum absolute atomic E-state index is 4.54. The highest BCUT2D eigenvalue weighted by Crippen LogP contribution is 2.28. The number of rotatable bonds is 3. The van der Waals surface area contributed by atoms with Crippen molar-refractivity contribution in [1.82, 2.24) is 24.6 Å². The molecule has 2 aliphatic rings. The van der Waals surface area contributed by atoms with Crippen molar-refractivity contribution in [3.8, 4) is 0 Å². The van der Waals surface area contributed by atoms with E-state index >= 15 is 0 Å². The van der Waals surface area contributed by atoms with E-state index in [1.807, 2.05) is 17.9 Å². The zero-order chi connectivity index (χ0) is 16.5. The molecule has 2 aromatic rings. The van der Waals surface area contributed by atoms with Crippen LogP contribution in [0.3, 0.4) is 0 Å². The molecule has 2 aromatic heterocycles. The van der Waals surface area contributed by atoms with E-state index in [9.17, 15) is 0 Å². The van der Waals surface area contributed by atoms with Gasteiger partial charge in [-0.1, -0.05) is 6.92 Å². The lowest BCUT2D eigenvalue weighted by molar-refractivity contribution is 0.156. The minimum atomic E-state index is 0.834. The predicted octanol–water partition coefficient (Wildman–Crippen LogP) is 2.31. The van der Waals surface area contributed by atoms with Crippen LogP contribution in [0, 0.1) is 11.8 Å². The quantitative estimate of drug-likeness (QED) is 0.865. The molecular weight excluding hydrogens is 300 g/mol. The van der Waals surface area contributed by atoms with Gasteiger partial charge < -0.3 is 9.80 Å². The summed E-state index contributed by atoms with van der Waals surface area (Å²) < 4.78 is 1.82. The van der Waals surface area contributed by atoms with Crippen LogP contribution in [0.4, 0.5) is 5.82 Å². The van der Waals surface area contributed by atoms with Crippen LogP contribution in [-0.2, 0) is 7.05 Å². The average molecular weight is 328 g/mol. The standard InChI is InChI=1S/C18H28N6/c1-14-3-7-23(8-4-14)12-15-5-9-24(10-6-15)18-16-11-21-22(2)17(16)19-13-20-18/h11,13-15H,3-10,12H2,1-2H3. The molecule has 0 N–H and O–H groups in total. The minimum absolute atomic E-state index is 0.834. The van der Waals surface area contributed by atoms with Gasteiger partial charge in [0.15, 0.2) is 5.65 Å². The Morgan fingerprint density at radius 1 is 1.04 bits per heavy atom. The number of piperidine rings is 2. The zero-order valence-corrected chi connectivity index (χ0v) is 14.9. The Balaban J connectivity index is 1.37. The molecule has 0 aromatic carbocycles. The fourth-order valence-electron chi connectivity index (χ4n) is 4.14. The third kappa shape index (κ3) is 3.11. The van der Waals surface area contributed by atoms with Crippen LogP contribution in [0.1, 0.15) is 32.6 Å². The lowest BCUT2D eigenvalue weighted by Gasteiger charge is -2.37. The van der Waals surface area contributed by atoms with Gasteiger partial charge in [0, 0.05) is 26.7 Å². The molecule has 6 heteroatoms. The first-order chi connectivity index (χ1) is 11.7. The van der Waals surface area contributed by atoms with Crippen LogP contribution in [0.2, 0.25) is 0 Å². The van der Waals surface area contributed by atoms with Crippen LogP contribution in [0.5, 0.6) is 0 Å². The Morgan fingerprint density at radius 2 is 1.79 bits per heavy atom. The second-order valence-electron chi connectivity index (χ2n) is 7.62. The van der Waals surface area contributed by atoms with Crippen LogP contribution in [0.25, 0.3) is 11.0 Å². The summed E-state index contributed by atoms with van der Waals surface area (Å²) in [5, 5.41) is 5.40. The molecule has 2 aliphatic heterocycles. The van der Waals surface area contributed by atoms with Crippen molar-refractivity contribution in [3.05, 3.63) is 12.5 Å². The van der Waals surface area contributed by atoms with Gasteiger partial charge in [0.2, 0.25) is 0 Å². The van der Waals surface area contributed by atoms with Crippen molar-refractivity contribution in [1.29, 1.82) is 0 Å². The van der Waals surface area contributed by atoms with E-state index in [-0.39, 0.29) is 0 Å². The first kappa shape index (κ1) is 15.8. The van der Waals surface area contributed by atoms with Gasteiger partial charge in [0.25, 0.3) is 0 Å². The third-order valence-corrected chi connectivity index (χ3v) is 5.82. The van der Waals surface area contributed by atoms with E-state index in [4.69, 9.17) is 0 Å². The maximum Gasteiger partial charge on any atom is 0.163 e. The Kier molecular flexibility index (Phi) is 4.39. The lowest BCUT2D eigenvalue weighted by Crippen LogP contribution is -2.41. The molecule has 0 radical (unpaired) electrons. The van der Waals surface area contributed by atoms with Gasteiger partial charge in [-0.15, -0.1) is 0 Å². The van der Waals surface area contributed by atoms with Gasteiger partial charge >= 0.3 is 0 Å². The number of anilines is 1. The molecule has 2 fully saturated rings. The normalized spacial score (nSPS) is 21.7. The average Bonchev–Trinajstić information content (AvgIpc) is 2.99. The highest BCUT2D eigenvalue weighted by molar-refractivity contribution is 5.86. The number of nitrogens with zero attached hydrogens (tertiary/aromatic N) is 6. The van der Waals surface area contributed by atoms with Gasteiger partial charge in [-0.05, 0) is 50.6 Å². The summed E-state index contributed by atoms with van der Waals surface area (Å²) in [6.45, 7) is 8.45. The van der Waals surface area contributed by atoms with E-state index < -0.39 is 0 Å². The number of aryl methyl sites for hydroxylation is 1. The molecule has 0 spiro atoms. The van der Waals surface area contributed by atoms with Crippen molar-refractivity contribution in [3.63, 3.8) is 0 Å². The lowest BCUT2D eigenvalue weighted by atomic mass is 9.93. The summed E-state index contributed by atoms with van der Waals surface area (Å²) in [6, 6.07) is 0. The van der Waals surface area contributed by atoms with E-state index in [0.29, 0.717) is 0 Å². The van der Waals surface area contributed by atoms with Crippen LogP contribution >= 0.6 is 0 Å². The molecule has 24 heavy (non-hydrogen) atoms. The van der Waals surface area contributed by atoms with E-state index in [1.54, 1.807) is 6.33 Å². The number of fused-ring (bicyclic) bond motifs is 1. The number of hydrogen-bond donors (Lipinski definition) is 0. The van der Waals surface area contributed by atoms with Crippen LogP contribution < -0.4 is 4.90 Å². The van der Waals surface area contributed by atoms with Crippen molar-refractivity contribution in [2.75, 3.05) is 37.6 Å². The Bertz CT molecular complexity index is 680. The molecule has 6 nitrogen and oxygen atoms in total. The Labute approximate surface area is 143 Å². The molecule has 0 saturated carbocycles. The molecular formula is C18H28N6. The van der Waals surface area contributed by atoms with Gasteiger partial charge in [0.1, 0.15) is 12.1 Å². The number of likely N-dealkylation sites (tertiary alicyclic amines) is 1. The molecule has 0 bridgehead atoms. The van der Waals surface area contributed by atoms with Crippen LogP contribution in [0.15, 0.2) is 12.5 Å². The highest BCUT2D eigenvalue weighted by atomic mass is 15.3. The summed E-state index contributed by atoms with van der Waals surface area (Å²) in [5.74, 6) is 2.81. The third-order valence-electron chi connectivity index (χ3n) is 5.82. The molecule has 0 unspecified atom stereocenters. The first-order valence-corrected chi connectivity index (χ1v) is 9.30. The summed E-state index contributed by atoms with van der Waals surface area (Å²) in [5.41, 5.74) is 0.921. The van der Waals surface area contributed by atoms with Gasteiger partial charge in [0.05, 0.1) is 11.6 Å². The topological polar surface area (TPSA) is 50.1 Å². The highest BCUT2D eigenvalue weighted by Gasteiger charge is 2.25. The molecule has 4 rings (SSSR count). The Morgan fingerprint density at radius 3 is 2.54 bits per heavy atom. The zero-order valence-electron chi connectivity index (χ0n) is 14.9. The second kappa shape index (κ2) is 6.67. The fourth-order valence-corrected chi connectivity index (χ4v) is 4.14. The van der Waals surface area contributed by atoms with E-state index in [0.717, 1.165) is 41.8 Å². The molecule has 4 heterocycles. The molecule has 130 valence electrons. The summed E-state index contributed by atoms with van der Waals surface area (Å²) >= 11 is 0. The molecule has 2 saturated heterocycles. The number of aromatic nitrogens is 4. The monoisotopic (exact) mass is 328 g/mol. The molecule has 0 atom stereocenters. The summed E-state index contributed by atoms with van der Waals surface area (Å²) in [6.07, 6.45) is 8.83. The summed E-state index contributed by atoms with van der Waals surface area (Å²) in [7, 11) is 1.94. The predicted molar refractivity (Wildman–Crippen MR) is 96.1 cm³/mol. The van der Waals surface area contributed by atoms with Gasteiger partial charge in [-0.25, -0.2) is 9.97 Å². The molecule has 0 aliphatic carbocycles. The van der Waals surface area contributed by atoms with Crippen molar-refractivity contribution in [2.45, 2.75) is 32.6 Å². The molecule has 0 amide bonds. The second-order valence-corrected chi connectivity index (χ2v) is 7.62. The van der Waals surface area contributed by atoms with E-state index in [2.05, 4.69) is 31.8 Å². The van der Waals surface area contributed by atoms with Crippen molar-refractivity contribution < 1.29 is 0 Å². The number of hydrogen-bond acceptors (Lipinski definition) is 5. The van der Waals surface area contributed by atoms with E-state index in [1.165, 1.54) is 45.3 Å². The first-order valence-electron chi connectivity index (χ1n) is 9.30. The smallest absolute Gasteiger partial charge is 0.163 e. The summed E-state index contributed by atoms with van der Waals surface area (Å²) in [4.78, 5) is 14.0. The minimum Gasteiger partial charge on any atom is -0.356 e. The SMILES string of the molecule is CC1CCN(CC2CCN(c3ncnc4c3cnn4C)CC2)CC1. The van der Waals surface area contributed by atoms with Gasteiger partial charge in [-0.2, -0.15) is 5.10 Å². The fraction of sp³-hybridized carbons (Fsp3) is 0.722. The largest absolute Gasteiger partial charge is 0.356 e. The van der Waals surface area contributed by atoms with Crippen LogP contribution in [-0.4, -0.2) is 57.4 Å². The Hall–Kier alpha value is -1.69.